The second kappa shape index (κ2) is 10.6. The number of rotatable bonds is 8. The number of aryl methyl sites for hydroxylation is 2. The zero-order valence-corrected chi connectivity index (χ0v) is 20.0. The molecule has 0 spiro atoms. The van der Waals surface area contributed by atoms with Crippen LogP contribution in [0.1, 0.15) is 22.8 Å². The first-order valence-electron chi connectivity index (χ1n) is 11.1. The molecule has 2 aromatic carbocycles. The molecule has 202 valence electrons. The highest BCUT2D eigenvalue weighted by atomic mass is 35.5. The number of halogens is 7. The van der Waals surface area contributed by atoms with E-state index in [1.54, 1.807) is 6.07 Å². The molecule has 38 heavy (non-hydrogen) atoms. The van der Waals surface area contributed by atoms with Crippen molar-refractivity contribution in [1.29, 1.82) is 0 Å². The van der Waals surface area contributed by atoms with Gasteiger partial charge in [-0.15, -0.1) is 5.10 Å². The average Bonchev–Trinajstić information content (AvgIpc) is 3.42. The molecule has 15 heteroatoms. The number of aliphatic hydroxyl groups is 1. The summed E-state index contributed by atoms with van der Waals surface area (Å²) in [5, 5.41) is 20.6. The van der Waals surface area contributed by atoms with Gasteiger partial charge in [-0.1, -0.05) is 29.8 Å². The molecule has 2 N–H and O–H groups in total. The van der Waals surface area contributed by atoms with Gasteiger partial charge in [-0.05, 0) is 42.3 Å². The topological polar surface area (TPSA) is 102 Å². The Bertz CT molecular complexity index is 1460. The maximum atomic E-state index is 13.0. The first-order chi connectivity index (χ1) is 17.8. The molecule has 8 nitrogen and oxygen atoms in total. The molecule has 0 unspecified atom stereocenters. The van der Waals surface area contributed by atoms with Crippen molar-refractivity contribution >= 4 is 11.6 Å². The van der Waals surface area contributed by atoms with Crippen LogP contribution >= 0.6 is 11.6 Å². The smallest absolute Gasteiger partial charge is 0.382 e. The van der Waals surface area contributed by atoms with Gasteiger partial charge < -0.3 is 5.11 Å². The Morgan fingerprint density at radius 1 is 1.03 bits per heavy atom. The lowest BCUT2D eigenvalue weighted by atomic mass is 10.1. The quantitative estimate of drug-likeness (QED) is 0.314. The number of aliphatic hydroxyl groups excluding tert-OH is 1. The van der Waals surface area contributed by atoms with Crippen LogP contribution in [0.25, 0.3) is 11.4 Å². The molecule has 0 bridgehead atoms. The van der Waals surface area contributed by atoms with Crippen molar-refractivity contribution in [2.24, 2.45) is 0 Å². The Balaban J connectivity index is 1.54. The fraction of sp³-hybridized carbons (Fsp3) is 0.304. The van der Waals surface area contributed by atoms with Crippen LogP contribution in [0.5, 0.6) is 0 Å². The first kappa shape index (κ1) is 27.4. The van der Waals surface area contributed by atoms with Gasteiger partial charge in [0.05, 0.1) is 12.1 Å². The molecular weight excluding hydrogens is 542 g/mol. The number of benzene rings is 2. The number of hydrogen-bond donors (Lipinski definition) is 2. The van der Waals surface area contributed by atoms with Crippen LogP contribution in [0, 0.1) is 0 Å². The molecule has 4 rings (SSSR count). The fourth-order valence-electron chi connectivity index (χ4n) is 3.62. The molecule has 4 aromatic rings. The van der Waals surface area contributed by atoms with Crippen LogP contribution in [0.2, 0.25) is 5.02 Å². The monoisotopic (exact) mass is 560 g/mol. The minimum absolute atomic E-state index is 0.126. The number of hydrogen-bond acceptors (Lipinski definition) is 5. The van der Waals surface area contributed by atoms with E-state index in [9.17, 15) is 36.2 Å². The minimum atomic E-state index is -4.96. The molecule has 0 amide bonds. The summed E-state index contributed by atoms with van der Waals surface area (Å²) < 4.78 is 79.3. The summed E-state index contributed by atoms with van der Waals surface area (Å²) in [7, 11) is 0. The Labute approximate surface area is 215 Å². The van der Waals surface area contributed by atoms with E-state index in [1.807, 2.05) is 0 Å². The van der Waals surface area contributed by atoms with Crippen LogP contribution in [0.15, 0.2) is 53.3 Å². The van der Waals surface area contributed by atoms with E-state index in [4.69, 9.17) is 11.6 Å². The van der Waals surface area contributed by atoms with Crippen molar-refractivity contribution in [3.05, 3.63) is 86.8 Å². The largest absolute Gasteiger partial charge is 0.416 e. The molecule has 2 aromatic heterocycles. The summed E-state index contributed by atoms with van der Waals surface area (Å²) >= 11 is 5.87. The number of aromatic nitrogens is 6. The van der Waals surface area contributed by atoms with Gasteiger partial charge in [0.15, 0.2) is 17.8 Å². The average molecular weight is 561 g/mol. The summed E-state index contributed by atoms with van der Waals surface area (Å²) in [5.74, 6) is 0.282. The van der Waals surface area contributed by atoms with Crippen molar-refractivity contribution in [3.8, 4) is 11.4 Å². The van der Waals surface area contributed by atoms with Crippen molar-refractivity contribution in [2.75, 3.05) is 0 Å². The Morgan fingerprint density at radius 3 is 2.39 bits per heavy atom. The third-order valence-corrected chi connectivity index (χ3v) is 5.78. The first-order valence-corrected chi connectivity index (χ1v) is 11.4. The highest BCUT2D eigenvalue weighted by Gasteiger charge is 2.39. The summed E-state index contributed by atoms with van der Waals surface area (Å²) in [4.78, 5) is 17.1. The van der Waals surface area contributed by atoms with Crippen molar-refractivity contribution in [2.45, 2.75) is 44.4 Å². The lowest BCUT2D eigenvalue weighted by molar-refractivity contribution is -0.207. The molecule has 1 atom stereocenters. The molecule has 0 fully saturated rings. The van der Waals surface area contributed by atoms with Gasteiger partial charge in [0.2, 0.25) is 0 Å². The van der Waals surface area contributed by atoms with E-state index < -0.39 is 36.3 Å². The van der Waals surface area contributed by atoms with Gasteiger partial charge >= 0.3 is 18.0 Å². The normalized spacial score (nSPS) is 13.2. The maximum absolute atomic E-state index is 13.0. The molecular formula is C23H19ClF6N6O2. The van der Waals surface area contributed by atoms with E-state index in [0.717, 1.165) is 16.8 Å². The molecule has 0 saturated carbocycles. The zero-order valence-electron chi connectivity index (χ0n) is 19.3. The summed E-state index contributed by atoms with van der Waals surface area (Å²) in [5.41, 5.74) is -0.983. The number of alkyl halides is 6. The van der Waals surface area contributed by atoms with E-state index >= 15 is 0 Å². The number of nitrogens with one attached hydrogen (secondary N) is 1. The van der Waals surface area contributed by atoms with Crippen molar-refractivity contribution < 1.29 is 31.4 Å². The highest BCUT2D eigenvalue weighted by Crippen LogP contribution is 2.30. The third-order valence-electron chi connectivity index (χ3n) is 5.53. The predicted octanol–water partition coefficient (Wildman–Crippen LogP) is 4.26. The molecule has 0 saturated heterocycles. The second-order valence-electron chi connectivity index (χ2n) is 8.34. The van der Waals surface area contributed by atoms with Gasteiger partial charge in [0, 0.05) is 17.0 Å². The van der Waals surface area contributed by atoms with Crippen LogP contribution in [0.3, 0.4) is 0 Å². The summed E-state index contributed by atoms with van der Waals surface area (Å²) in [6.07, 6.45) is -11.8. The minimum Gasteiger partial charge on any atom is -0.382 e. The molecule has 2 heterocycles. The van der Waals surface area contributed by atoms with Crippen LogP contribution in [-0.4, -0.2) is 46.9 Å². The fourth-order valence-corrected chi connectivity index (χ4v) is 3.74. The SMILES string of the molecule is O=c1n(Cc2nc(CCc3cccc(C(F)(F)F)c3)n[nH]2)nc(-c2ccc(Cl)cc2)n1C[C@@H](O)C(F)(F)F. The van der Waals surface area contributed by atoms with E-state index in [1.165, 1.54) is 30.3 Å². The van der Waals surface area contributed by atoms with E-state index in [0.29, 0.717) is 20.7 Å². The Morgan fingerprint density at radius 2 is 1.74 bits per heavy atom. The zero-order chi connectivity index (χ0) is 27.7. The van der Waals surface area contributed by atoms with Crippen LogP contribution < -0.4 is 5.69 Å². The van der Waals surface area contributed by atoms with Crippen molar-refractivity contribution in [3.63, 3.8) is 0 Å². The van der Waals surface area contributed by atoms with Crippen LogP contribution in [0.4, 0.5) is 26.3 Å². The van der Waals surface area contributed by atoms with Gasteiger partial charge in [-0.3, -0.25) is 9.67 Å². The van der Waals surface area contributed by atoms with Gasteiger partial charge in [0.1, 0.15) is 12.4 Å². The van der Waals surface area contributed by atoms with Gasteiger partial charge in [-0.2, -0.15) is 31.4 Å². The highest BCUT2D eigenvalue weighted by molar-refractivity contribution is 6.30. The third kappa shape index (κ3) is 6.42. The lowest BCUT2D eigenvalue weighted by Crippen LogP contribution is -2.37. The second-order valence-corrected chi connectivity index (χ2v) is 8.77. The maximum Gasteiger partial charge on any atom is 0.416 e. The van der Waals surface area contributed by atoms with Crippen LogP contribution in [-0.2, 0) is 32.1 Å². The lowest BCUT2D eigenvalue weighted by Gasteiger charge is -2.15. The Hall–Kier alpha value is -3.65. The number of nitrogens with zero attached hydrogens (tertiary/aromatic N) is 5. The van der Waals surface area contributed by atoms with E-state index in [-0.39, 0.29) is 36.9 Å². The molecule has 0 aliphatic carbocycles. The van der Waals surface area contributed by atoms with Gasteiger partial charge in [0.25, 0.3) is 0 Å². The summed E-state index contributed by atoms with van der Waals surface area (Å²) in [6.45, 7) is -1.37. The van der Waals surface area contributed by atoms with Crippen molar-refractivity contribution in [1.82, 2.24) is 29.5 Å². The molecule has 0 aliphatic heterocycles. The Kier molecular flexibility index (Phi) is 7.65. The molecule has 0 aliphatic rings. The van der Waals surface area contributed by atoms with Gasteiger partial charge in [-0.25, -0.2) is 14.5 Å². The number of aromatic amines is 1. The standard InChI is InChI=1S/C23H19ClF6N6O2/c24-16-7-5-14(6-8-16)20-34-36(21(38)35(20)11-17(37)23(28,29)30)12-19-31-18(32-33-19)9-4-13-2-1-3-15(10-13)22(25,26)27/h1-3,5-8,10,17,37H,4,9,11-12H2,(H,31,32,33)/t17-/m1/s1. The molecule has 0 radical (unpaired) electrons. The number of H-pyrrole nitrogens is 1. The summed E-state index contributed by atoms with van der Waals surface area (Å²) in [6, 6.07) is 10.7. The van der Waals surface area contributed by atoms with E-state index in [2.05, 4.69) is 20.3 Å². The predicted molar refractivity (Wildman–Crippen MR) is 123 cm³/mol.